The number of hydrogen-bond donors (Lipinski definition) is 3. The lowest BCUT2D eigenvalue weighted by molar-refractivity contribution is 0.405. The van der Waals surface area contributed by atoms with Crippen molar-refractivity contribution >= 4 is 12.6 Å². The number of phenols is 2. The van der Waals surface area contributed by atoms with Crippen LogP contribution in [0.1, 0.15) is 0 Å². The summed E-state index contributed by atoms with van der Waals surface area (Å²) in [7, 11) is 0. The van der Waals surface area contributed by atoms with Crippen LogP contribution in [-0.4, -0.2) is 10.2 Å². The summed E-state index contributed by atoms with van der Waals surface area (Å²) in [6.45, 7) is 0. The van der Waals surface area contributed by atoms with E-state index in [4.69, 9.17) is 10.2 Å². The van der Waals surface area contributed by atoms with E-state index >= 15 is 0 Å². The van der Waals surface area contributed by atoms with Gasteiger partial charge in [0, 0.05) is 0 Å². The SMILES string of the molecule is Oc1ccc(O)c(S)c1F. The molecule has 1 aromatic carbocycles. The molecule has 2 N–H and O–H groups in total. The molecule has 0 aliphatic heterocycles. The molecule has 0 aliphatic rings. The fourth-order valence-electron chi connectivity index (χ4n) is 0.544. The summed E-state index contributed by atoms with van der Waals surface area (Å²) in [4.78, 5) is -0.236. The Kier molecular flexibility index (Phi) is 1.72. The van der Waals surface area contributed by atoms with E-state index in [1.807, 2.05) is 0 Å². The van der Waals surface area contributed by atoms with Crippen molar-refractivity contribution in [3.63, 3.8) is 0 Å². The number of hydrogen-bond acceptors (Lipinski definition) is 3. The zero-order valence-electron chi connectivity index (χ0n) is 4.87. The van der Waals surface area contributed by atoms with Gasteiger partial charge in [-0.2, -0.15) is 0 Å². The highest BCUT2D eigenvalue weighted by Gasteiger charge is 2.07. The van der Waals surface area contributed by atoms with Gasteiger partial charge in [0.15, 0.2) is 11.6 Å². The largest absolute Gasteiger partial charge is 0.507 e. The Morgan fingerprint density at radius 1 is 1.20 bits per heavy atom. The molecule has 4 heteroatoms. The van der Waals surface area contributed by atoms with E-state index in [9.17, 15) is 4.39 Å². The first-order valence-electron chi connectivity index (χ1n) is 2.52. The molecule has 0 aliphatic carbocycles. The van der Waals surface area contributed by atoms with E-state index in [-0.39, 0.29) is 10.6 Å². The highest BCUT2D eigenvalue weighted by atomic mass is 32.1. The number of halogens is 1. The summed E-state index contributed by atoms with van der Waals surface area (Å²) in [5, 5.41) is 17.5. The minimum atomic E-state index is -0.900. The van der Waals surface area contributed by atoms with E-state index in [1.165, 1.54) is 6.07 Å². The molecule has 1 rings (SSSR count). The van der Waals surface area contributed by atoms with Gasteiger partial charge in [-0.15, -0.1) is 12.6 Å². The molecular formula is C6H5FO2S. The molecule has 0 saturated carbocycles. The lowest BCUT2D eigenvalue weighted by Gasteiger charge is -1.99. The normalized spacial score (nSPS) is 9.80. The van der Waals surface area contributed by atoms with Crippen LogP contribution in [0, 0.1) is 5.82 Å². The Bertz CT molecular complexity index is 235. The topological polar surface area (TPSA) is 40.5 Å². The van der Waals surface area contributed by atoms with Crippen LogP contribution in [0.4, 0.5) is 4.39 Å². The van der Waals surface area contributed by atoms with Crippen LogP contribution in [0.5, 0.6) is 11.5 Å². The van der Waals surface area contributed by atoms with Gasteiger partial charge >= 0.3 is 0 Å². The Hall–Kier alpha value is -0.900. The summed E-state index contributed by atoms with van der Waals surface area (Å²) in [5.41, 5.74) is 0. The molecule has 2 nitrogen and oxygen atoms in total. The van der Waals surface area contributed by atoms with Gasteiger partial charge in [-0.1, -0.05) is 0 Å². The van der Waals surface area contributed by atoms with Crippen molar-refractivity contribution in [1.29, 1.82) is 0 Å². The maximum Gasteiger partial charge on any atom is 0.181 e. The van der Waals surface area contributed by atoms with Crippen LogP contribution in [0.3, 0.4) is 0 Å². The molecule has 0 spiro atoms. The second-order valence-electron chi connectivity index (χ2n) is 1.77. The van der Waals surface area contributed by atoms with E-state index in [0.29, 0.717) is 0 Å². The quantitative estimate of drug-likeness (QED) is 0.398. The van der Waals surface area contributed by atoms with Crippen LogP contribution >= 0.6 is 12.6 Å². The molecule has 0 bridgehead atoms. The predicted octanol–water partition coefficient (Wildman–Crippen LogP) is 1.53. The highest BCUT2D eigenvalue weighted by Crippen LogP contribution is 2.29. The van der Waals surface area contributed by atoms with Crippen LogP contribution in [0.15, 0.2) is 17.0 Å². The first kappa shape index (κ1) is 7.21. The molecule has 0 atom stereocenters. The Balaban J connectivity index is 3.34. The van der Waals surface area contributed by atoms with E-state index in [0.717, 1.165) is 6.07 Å². The standard InChI is InChI=1S/C6H5FO2S/c7-5-3(8)1-2-4(9)6(5)10/h1-2,8-10H. The van der Waals surface area contributed by atoms with Gasteiger partial charge in [-0.3, -0.25) is 0 Å². The van der Waals surface area contributed by atoms with Gasteiger partial charge in [0.05, 0.1) is 4.90 Å². The molecular weight excluding hydrogens is 155 g/mol. The fourth-order valence-corrected chi connectivity index (χ4v) is 0.733. The van der Waals surface area contributed by atoms with Crippen LogP contribution < -0.4 is 0 Å². The minimum Gasteiger partial charge on any atom is -0.507 e. The molecule has 0 heterocycles. The number of benzene rings is 1. The third-order valence-electron chi connectivity index (χ3n) is 1.07. The Morgan fingerprint density at radius 2 is 1.70 bits per heavy atom. The summed E-state index contributed by atoms with van der Waals surface area (Å²) in [5.74, 6) is -1.69. The molecule has 54 valence electrons. The monoisotopic (exact) mass is 160 g/mol. The van der Waals surface area contributed by atoms with E-state index in [2.05, 4.69) is 12.6 Å². The smallest absolute Gasteiger partial charge is 0.181 e. The molecule has 0 aromatic heterocycles. The van der Waals surface area contributed by atoms with Crippen molar-refractivity contribution in [2.75, 3.05) is 0 Å². The highest BCUT2D eigenvalue weighted by molar-refractivity contribution is 7.80. The van der Waals surface area contributed by atoms with Crippen LogP contribution in [0.2, 0.25) is 0 Å². The maximum absolute atomic E-state index is 12.5. The molecule has 0 radical (unpaired) electrons. The third kappa shape index (κ3) is 1.02. The molecule has 1 aromatic rings. The summed E-state index contributed by atoms with van der Waals surface area (Å²) in [6, 6.07) is 2.23. The number of thiol groups is 1. The van der Waals surface area contributed by atoms with Crippen LogP contribution in [0.25, 0.3) is 0 Å². The average molecular weight is 160 g/mol. The maximum atomic E-state index is 12.5. The van der Waals surface area contributed by atoms with Gasteiger partial charge in [0.1, 0.15) is 5.75 Å². The van der Waals surface area contributed by atoms with Crippen molar-refractivity contribution in [2.45, 2.75) is 4.90 Å². The van der Waals surface area contributed by atoms with E-state index < -0.39 is 11.6 Å². The number of phenolic OH excluding ortho intramolecular Hbond substituents is 2. The van der Waals surface area contributed by atoms with Crippen molar-refractivity contribution < 1.29 is 14.6 Å². The second kappa shape index (κ2) is 2.38. The van der Waals surface area contributed by atoms with Gasteiger partial charge in [0.2, 0.25) is 0 Å². The van der Waals surface area contributed by atoms with Crippen molar-refractivity contribution in [3.8, 4) is 11.5 Å². The lowest BCUT2D eigenvalue weighted by Crippen LogP contribution is -1.78. The van der Waals surface area contributed by atoms with Crippen molar-refractivity contribution in [2.24, 2.45) is 0 Å². The van der Waals surface area contributed by atoms with E-state index in [1.54, 1.807) is 0 Å². The molecule has 0 unspecified atom stereocenters. The average Bonchev–Trinajstić information content (AvgIpc) is 1.93. The number of rotatable bonds is 0. The zero-order chi connectivity index (χ0) is 7.72. The molecule has 0 fully saturated rings. The zero-order valence-corrected chi connectivity index (χ0v) is 5.77. The predicted molar refractivity (Wildman–Crippen MR) is 37.0 cm³/mol. The molecule has 0 amide bonds. The summed E-state index contributed by atoms with van der Waals surface area (Å²) < 4.78 is 12.5. The van der Waals surface area contributed by atoms with Crippen molar-refractivity contribution in [3.05, 3.63) is 17.9 Å². The molecule has 0 saturated heterocycles. The number of aromatic hydroxyl groups is 2. The summed E-state index contributed by atoms with van der Waals surface area (Å²) >= 11 is 3.60. The van der Waals surface area contributed by atoms with Gasteiger partial charge in [-0.25, -0.2) is 4.39 Å². The Labute approximate surface area is 62.3 Å². The Morgan fingerprint density at radius 3 is 2.20 bits per heavy atom. The van der Waals surface area contributed by atoms with Gasteiger partial charge in [-0.05, 0) is 12.1 Å². The second-order valence-corrected chi connectivity index (χ2v) is 2.21. The first-order chi connectivity index (χ1) is 4.63. The van der Waals surface area contributed by atoms with Crippen LogP contribution in [-0.2, 0) is 0 Å². The minimum absolute atomic E-state index is 0.236. The van der Waals surface area contributed by atoms with Gasteiger partial charge in [0.25, 0.3) is 0 Å². The van der Waals surface area contributed by atoms with Crippen molar-refractivity contribution in [1.82, 2.24) is 0 Å². The lowest BCUT2D eigenvalue weighted by atomic mass is 10.3. The summed E-state index contributed by atoms with van der Waals surface area (Å²) in [6.07, 6.45) is 0. The third-order valence-corrected chi connectivity index (χ3v) is 1.50. The molecule has 10 heavy (non-hydrogen) atoms. The first-order valence-corrected chi connectivity index (χ1v) is 2.97. The fraction of sp³-hybridized carbons (Fsp3) is 0. The van der Waals surface area contributed by atoms with Gasteiger partial charge < -0.3 is 10.2 Å².